The number of thioether (sulfide) groups is 1. The fraction of sp³-hybridized carbons (Fsp3) is 0.933. The molecule has 0 spiro atoms. The van der Waals surface area contributed by atoms with Crippen LogP contribution in [0.2, 0.25) is 0 Å². The molecule has 0 aromatic rings. The molecule has 112 valence electrons. The van der Waals surface area contributed by atoms with Gasteiger partial charge in [0, 0.05) is 17.8 Å². The third-order valence-corrected chi connectivity index (χ3v) is 5.82. The molecule has 0 saturated heterocycles. The van der Waals surface area contributed by atoms with E-state index < -0.39 is 0 Å². The first-order chi connectivity index (χ1) is 9.11. The smallest absolute Gasteiger partial charge is 0.227 e. The van der Waals surface area contributed by atoms with Crippen molar-refractivity contribution in [3.05, 3.63) is 0 Å². The molecule has 19 heavy (non-hydrogen) atoms. The molecule has 0 aromatic carbocycles. The number of rotatable bonds is 7. The van der Waals surface area contributed by atoms with Gasteiger partial charge in [0.05, 0.1) is 5.41 Å². The molecule has 2 atom stereocenters. The third-order valence-electron chi connectivity index (χ3n) is 4.59. The SMILES string of the molecule is CCSC1CCCC(NC(=O)C(CC)(CC)CN)C1. The summed E-state index contributed by atoms with van der Waals surface area (Å²) in [6, 6.07) is 0.356. The first-order valence-electron chi connectivity index (χ1n) is 7.74. The fourth-order valence-electron chi connectivity index (χ4n) is 2.95. The summed E-state index contributed by atoms with van der Waals surface area (Å²) < 4.78 is 0. The monoisotopic (exact) mass is 286 g/mol. The van der Waals surface area contributed by atoms with Crippen LogP contribution in [0.25, 0.3) is 0 Å². The summed E-state index contributed by atoms with van der Waals surface area (Å²) >= 11 is 2.03. The largest absolute Gasteiger partial charge is 0.353 e. The Balaban J connectivity index is 2.55. The van der Waals surface area contributed by atoms with Gasteiger partial charge in [0.2, 0.25) is 5.91 Å². The van der Waals surface area contributed by atoms with Crippen LogP contribution in [-0.4, -0.2) is 29.5 Å². The molecule has 0 heterocycles. The van der Waals surface area contributed by atoms with Gasteiger partial charge in [-0.25, -0.2) is 0 Å². The number of carbonyl (C=O) groups is 1. The average molecular weight is 286 g/mol. The summed E-state index contributed by atoms with van der Waals surface area (Å²) in [5.41, 5.74) is 5.49. The quantitative estimate of drug-likeness (QED) is 0.756. The van der Waals surface area contributed by atoms with E-state index in [2.05, 4.69) is 26.1 Å². The van der Waals surface area contributed by atoms with Gasteiger partial charge in [0.25, 0.3) is 0 Å². The van der Waals surface area contributed by atoms with Crippen LogP contribution in [-0.2, 0) is 4.79 Å². The highest BCUT2D eigenvalue weighted by molar-refractivity contribution is 7.99. The van der Waals surface area contributed by atoms with E-state index in [9.17, 15) is 4.79 Å². The first kappa shape index (κ1) is 16.8. The number of hydrogen-bond donors (Lipinski definition) is 2. The standard InChI is InChI=1S/C15H30N2OS/c1-4-15(5-2,11-16)14(18)17-12-8-7-9-13(10-12)19-6-3/h12-13H,4-11,16H2,1-3H3,(H,17,18). The summed E-state index contributed by atoms with van der Waals surface area (Å²) in [4.78, 5) is 12.5. The molecule has 0 radical (unpaired) electrons. The van der Waals surface area contributed by atoms with Crippen molar-refractivity contribution < 1.29 is 4.79 Å². The number of amides is 1. The van der Waals surface area contributed by atoms with Crippen molar-refractivity contribution in [3.8, 4) is 0 Å². The predicted octanol–water partition coefficient (Wildman–Crippen LogP) is 2.93. The molecule has 1 aliphatic rings. The lowest BCUT2D eigenvalue weighted by atomic mass is 9.81. The molecule has 1 amide bonds. The second kappa shape index (κ2) is 8.15. The predicted molar refractivity (Wildman–Crippen MR) is 84.4 cm³/mol. The number of nitrogens with one attached hydrogen (secondary N) is 1. The normalized spacial score (nSPS) is 24.2. The van der Waals surface area contributed by atoms with E-state index in [-0.39, 0.29) is 11.3 Å². The molecule has 0 aliphatic heterocycles. The van der Waals surface area contributed by atoms with Crippen LogP contribution >= 0.6 is 11.8 Å². The second-order valence-electron chi connectivity index (χ2n) is 5.61. The minimum absolute atomic E-state index is 0.173. The van der Waals surface area contributed by atoms with Crippen molar-refractivity contribution in [1.82, 2.24) is 5.32 Å². The molecule has 1 saturated carbocycles. The Labute approximate surface area is 122 Å². The zero-order valence-electron chi connectivity index (χ0n) is 12.7. The Hall–Kier alpha value is -0.220. The van der Waals surface area contributed by atoms with Crippen molar-refractivity contribution in [2.24, 2.45) is 11.1 Å². The number of hydrogen-bond acceptors (Lipinski definition) is 3. The molecule has 0 bridgehead atoms. The fourth-order valence-corrected chi connectivity index (χ4v) is 4.13. The molecule has 0 aromatic heterocycles. The second-order valence-corrected chi connectivity index (χ2v) is 7.18. The van der Waals surface area contributed by atoms with Crippen molar-refractivity contribution >= 4 is 17.7 Å². The molecule has 1 fully saturated rings. The van der Waals surface area contributed by atoms with Gasteiger partial charge in [-0.2, -0.15) is 11.8 Å². The molecular weight excluding hydrogens is 256 g/mol. The van der Waals surface area contributed by atoms with Crippen LogP contribution < -0.4 is 11.1 Å². The van der Waals surface area contributed by atoms with Gasteiger partial charge in [-0.1, -0.05) is 27.2 Å². The van der Waals surface area contributed by atoms with Crippen molar-refractivity contribution in [3.63, 3.8) is 0 Å². The van der Waals surface area contributed by atoms with Gasteiger partial charge in [0.15, 0.2) is 0 Å². The maximum Gasteiger partial charge on any atom is 0.227 e. The molecule has 4 heteroatoms. The van der Waals surface area contributed by atoms with Gasteiger partial charge in [-0.3, -0.25) is 4.79 Å². The minimum atomic E-state index is -0.356. The van der Waals surface area contributed by atoms with Crippen LogP contribution in [0.5, 0.6) is 0 Å². The minimum Gasteiger partial charge on any atom is -0.353 e. The summed E-state index contributed by atoms with van der Waals surface area (Å²) in [5.74, 6) is 1.34. The Morgan fingerprint density at radius 3 is 2.53 bits per heavy atom. The van der Waals surface area contributed by atoms with Gasteiger partial charge in [0.1, 0.15) is 0 Å². The highest BCUT2D eigenvalue weighted by atomic mass is 32.2. The van der Waals surface area contributed by atoms with E-state index in [0.29, 0.717) is 12.6 Å². The zero-order chi connectivity index (χ0) is 14.3. The lowest BCUT2D eigenvalue weighted by molar-refractivity contribution is -0.132. The Morgan fingerprint density at radius 1 is 1.32 bits per heavy atom. The zero-order valence-corrected chi connectivity index (χ0v) is 13.5. The van der Waals surface area contributed by atoms with Crippen LogP contribution in [0.3, 0.4) is 0 Å². The van der Waals surface area contributed by atoms with E-state index in [0.717, 1.165) is 30.9 Å². The molecule has 1 aliphatic carbocycles. The summed E-state index contributed by atoms with van der Waals surface area (Å²) in [6.45, 7) is 6.78. The lowest BCUT2D eigenvalue weighted by Gasteiger charge is -2.34. The topological polar surface area (TPSA) is 55.1 Å². The lowest BCUT2D eigenvalue weighted by Crippen LogP contribution is -2.50. The van der Waals surface area contributed by atoms with Gasteiger partial charge < -0.3 is 11.1 Å². The van der Waals surface area contributed by atoms with E-state index in [4.69, 9.17) is 5.73 Å². The number of carbonyl (C=O) groups excluding carboxylic acids is 1. The average Bonchev–Trinajstić information content (AvgIpc) is 2.42. The van der Waals surface area contributed by atoms with Crippen molar-refractivity contribution in [2.45, 2.75) is 70.6 Å². The van der Waals surface area contributed by atoms with Gasteiger partial charge in [-0.15, -0.1) is 0 Å². The van der Waals surface area contributed by atoms with Gasteiger partial charge >= 0.3 is 0 Å². The van der Waals surface area contributed by atoms with Crippen LogP contribution in [0.1, 0.15) is 59.3 Å². The van der Waals surface area contributed by atoms with Crippen LogP contribution in [0, 0.1) is 5.41 Å². The van der Waals surface area contributed by atoms with Crippen molar-refractivity contribution in [2.75, 3.05) is 12.3 Å². The molecular formula is C15H30N2OS. The Bertz CT molecular complexity index is 269. The van der Waals surface area contributed by atoms with E-state index in [1.165, 1.54) is 18.6 Å². The van der Waals surface area contributed by atoms with Crippen LogP contribution in [0.15, 0.2) is 0 Å². The van der Waals surface area contributed by atoms with E-state index >= 15 is 0 Å². The highest BCUT2D eigenvalue weighted by Crippen LogP contribution is 2.30. The molecule has 3 N–H and O–H groups in total. The number of nitrogens with two attached hydrogens (primary N) is 1. The first-order valence-corrected chi connectivity index (χ1v) is 8.79. The molecule has 1 rings (SSSR count). The van der Waals surface area contributed by atoms with Crippen LogP contribution in [0.4, 0.5) is 0 Å². The third kappa shape index (κ3) is 4.38. The summed E-state index contributed by atoms with van der Waals surface area (Å²) in [6.07, 6.45) is 6.43. The Kier molecular flexibility index (Phi) is 7.22. The van der Waals surface area contributed by atoms with E-state index in [1.807, 2.05) is 11.8 Å². The maximum absolute atomic E-state index is 12.5. The Morgan fingerprint density at radius 2 is 2.00 bits per heavy atom. The van der Waals surface area contributed by atoms with Gasteiger partial charge in [-0.05, 0) is 37.9 Å². The summed E-state index contributed by atoms with van der Waals surface area (Å²) in [5, 5.41) is 3.99. The van der Waals surface area contributed by atoms with Crippen molar-refractivity contribution in [1.29, 1.82) is 0 Å². The van der Waals surface area contributed by atoms with E-state index in [1.54, 1.807) is 0 Å². The molecule has 3 nitrogen and oxygen atoms in total. The summed E-state index contributed by atoms with van der Waals surface area (Å²) in [7, 11) is 0. The highest BCUT2D eigenvalue weighted by Gasteiger charge is 2.35. The maximum atomic E-state index is 12.5. The molecule has 2 unspecified atom stereocenters.